The molecular weight excluding hydrogens is 504 g/mol. The highest BCUT2D eigenvalue weighted by atomic mass is 33.1. The number of aliphatic carboxylic acids is 1. The molecule has 7 N–H and O–H groups in total. The molecule has 0 radical (unpaired) electrons. The van der Waals surface area contributed by atoms with Crippen molar-refractivity contribution < 1.29 is 29.4 Å². The Balaban J connectivity index is 1.74. The topological polar surface area (TPSA) is 171 Å². The predicted octanol–water partition coefficient (Wildman–Crippen LogP) is 0.439. The molecule has 10 nitrogen and oxygen atoms in total. The standard InChI is InChI=1S/C24H28N4O6S2/c25-17(10-15-6-8-16(29)9-7-15)21(30)27-19-12-35-36-13-20(24(33)34)28-22(31)18(26-23(19)32)11-14-4-2-1-3-5-14/h1-9,17-20,29H,10-13,25H2,(H,26,32)(H,27,30)(H,28,31)(H,33,34)/t17-,18-,19?,20+/m0/s1. The van der Waals surface area contributed by atoms with Gasteiger partial charge in [0.25, 0.3) is 0 Å². The van der Waals surface area contributed by atoms with E-state index in [4.69, 9.17) is 5.73 Å². The number of aromatic hydroxyl groups is 1. The van der Waals surface area contributed by atoms with E-state index in [1.165, 1.54) is 33.7 Å². The second-order valence-electron chi connectivity index (χ2n) is 8.26. The lowest BCUT2D eigenvalue weighted by atomic mass is 10.0. The van der Waals surface area contributed by atoms with Crippen molar-refractivity contribution >= 4 is 45.3 Å². The Hall–Kier alpha value is -3.22. The first-order valence-corrected chi connectivity index (χ1v) is 13.7. The van der Waals surface area contributed by atoms with E-state index in [2.05, 4.69) is 16.0 Å². The zero-order valence-corrected chi connectivity index (χ0v) is 20.9. The summed E-state index contributed by atoms with van der Waals surface area (Å²) >= 11 is 0. The molecule has 12 heteroatoms. The van der Waals surface area contributed by atoms with E-state index in [9.17, 15) is 29.4 Å². The number of nitrogens with one attached hydrogen (secondary N) is 3. The highest BCUT2D eigenvalue weighted by Crippen LogP contribution is 2.24. The fourth-order valence-electron chi connectivity index (χ4n) is 3.45. The van der Waals surface area contributed by atoms with Gasteiger partial charge in [-0.2, -0.15) is 0 Å². The van der Waals surface area contributed by atoms with Crippen molar-refractivity contribution in [1.29, 1.82) is 0 Å². The van der Waals surface area contributed by atoms with Crippen LogP contribution in [0.1, 0.15) is 11.1 Å². The molecule has 1 aliphatic heterocycles. The summed E-state index contributed by atoms with van der Waals surface area (Å²) in [5.74, 6) is -2.59. The molecule has 0 aromatic heterocycles. The van der Waals surface area contributed by atoms with Crippen molar-refractivity contribution in [1.82, 2.24) is 16.0 Å². The number of phenolic OH excluding ortho intramolecular Hbond substituents is 1. The third-order valence-corrected chi connectivity index (χ3v) is 7.87. The van der Waals surface area contributed by atoms with Crippen LogP contribution in [0.2, 0.25) is 0 Å². The summed E-state index contributed by atoms with van der Waals surface area (Å²) in [7, 11) is 2.40. The van der Waals surface area contributed by atoms with E-state index >= 15 is 0 Å². The minimum absolute atomic E-state index is 0.0824. The maximum atomic E-state index is 13.1. The van der Waals surface area contributed by atoms with Crippen LogP contribution in [0.3, 0.4) is 0 Å². The van der Waals surface area contributed by atoms with Crippen molar-refractivity contribution in [2.75, 3.05) is 11.5 Å². The highest BCUT2D eigenvalue weighted by molar-refractivity contribution is 8.76. The first kappa shape index (κ1) is 27.4. The fourth-order valence-corrected chi connectivity index (χ4v) is 5.77. The molecule has 36 heavy (non-hydrogen) atoms. The average Bonchev–Trinajstić information content (AvgIpc) is 2.87. The summed E-state index contributed by atoms with van der Waals surface area (Å²) < 4.78 is 0. The van der Waals surface area contributed by atoms with Crippen molar-refractivity contribution in [2.45, 2.75) is 37.0 Å². The lowest BCUT2D eigenvalue weighted by Gasteiger charge is -2.24. The van der Waals surface area contributed by atoms with Crippen LogP contribution in [-0.2, 0) is 32.0 Å². The van der Waals surface area contributed by atoms with Gasteiger partial charge in [0.2, 0.25) is 17.7 Å². The molecule has 1 fully saturated rings. The van der Waals surface area contributed by atoms with Gasteiger partial charge in [-0.05, 0) is 29.7 Å². The molecule has 0 saturated carbocycles. The third kappa shape index (κ3) is 8.18. The molecule has 192 valence electrons. The van der Waals surface area contributed by atoms with Gasteiger partial charge in [0, 0.05) is 17.9 Å². The van der Waals surface area contributed by atoms with Crippen LogP contribution >= 0.6 is 21.6 Å². The molecule has 1 aliphatic rings. The monoisotopic (exact) mass is 532 g/mol. The lowest BCUT2D eigenvalue weighted by Crippen LogP contribution is -2.58. The summed E-state index contributed by atoms with van der Waals surface area (Å²) in [6.45, 7) is 0. The number of benzene rings is 2. The molecule has 0 spiro atoms. The Labute approximate surface area is 216 Å². The first-order valence-electron chi connectivity index (χ1n) is 11.2. The van der Waals surface area contributed by atoms with Gasteiger partial charge in [0.05, 0.1) is 6.04 Å². The summed E-state index contributed by atoms with van der Waals surface area (Å²) in [4.78, 5) is 50.5. The zero-order valence-electron chi connectivity index (χ0n) is 19.3. The summed E-state index contributed by atoms with van der Waals surface area (Å²) in [5.41, 5.74) is 7.58. The first-order chi connectivity index (χ1) is 17.2. The zero-order chi connectivity index (χ0) is 26.1. The van der Waals surface area contributed by atoms with Gasteiger partial charge in [0.15, 0.2) is 0 Å². The second kappa shape index (κ2) is 13.2. The van der Waals surface area contributed by atoms with Gasteiger partial charge in [-0.3, -0.25) is 14.4 Å². The largest absolute Gasteiger partial charge is 0.508 e. The molecule has 2 aromatic rings. The minimum Gasteiger partial charge on any atom is -0.508 e. The Morgan fingerprint density at radius 2 is 1.64 bits per heavy atom. The van der Waals surface area contributed by atoms with Crippen LogP contribution in [-0.4, -0.2) is 69.6 Å². The van der Waals surface area contributed by atoms with Crippen LogP contribution in [0.25, 0.3) is 0 Å². The number of hydrogen-bond donors (Lipinski definition) is 6. The number of hydrogen-bond acceptors (Lipinski definition) is 8. The quantitative estimate of drug-likeness (QED) is 0.277. The Morgan fingerprint density at radius 1 is 0.972 bits per heavy atom. The van der Waals surface area contributed by atoms with Crippen LogP contribution < -0.4 is 21.7 Å². The number of carboxylic acids is 1. The number of rotatable bonds is 7. The average molecular weight is 533 g/mol. The van der Waals surface area contributed by atoms with Crippen LogP contribution in [0.15, 0.2) is 54.6 Å². The summed E-state index contributed by atoms with van der Waals surface area (Å²) in [6.07, 6.45) is 0.341. The second-order valence-corrected chi connectivity index (χ2v) is 10.8. The lowest BCUT2D eigenvalue weighted by molar-refractivity contribution is -0.141. The smallest absolute Gasteiger partial charge is 0.327 e. The molecule has 3 amide bonds. The van der Waals surface area contributed by atoms with Gasteiger partial charge in [-0.1, -0.05) is 64.1 Å². The molecule has 4 atom stereocenters. The maximum absolute atomic E-state index is 13.1. The SMILES string of the molecule is N[C@@H](Cc1ccc(O)cc1)C(=O)NC1CSSC[C@H](C(=O)O)NC(=O)[C@H](Cc2ccccc2)NC1=O. The molecule has 3 rings (SSSR count). The van der Waals surface area contributed by atoms with Gasteiger partial charge >= 0.3 is 5.97 Å². The molecule has 0 bridgehead atoms. The number of carboxylic acid groups (broad SMARTS) is 1. The van der Waals surface area contributed by atoms with Gasteiger partial charge in [-0.15, -0.1) is 0 Å². The molecule has 2 aromatic carbocycles. The minimum atomic E-state index is -1.18. The van der Waals surface area contributed by atoms with Gasteiger partial charge in [-0.25, -0.2) is 4.79 Å². The maximum Gasteiger partial charge on any atom is 0.327 e. The van der Waals surface area contributed by atoms with Crippen LogP contribution in [0.4, 0.5) is 0 Å². The van der Waals surface area contributed by atoms with E-state index in [0.29, 0.717) is 0 Å². The normalized spacial score (nSPS) is 21.9. The number of carbonyl (C=O) groups is 4. The van der Waals surface area contributed by atoms with E-state index < -0.39 is 47.9 Å². The number of carbonyl (C=O) groups excluding carboxylic acids is 3. The number of nitrogens with two attached hydrogens (primary N) is 1. The summed E-state index contributed by atoms with van der Waals surface area (Å²) in [6, 6.07) is 11.2. The molecular formula is C24H28N4O6S2. The number of amides is 3. The third-order valence-electron chi connectivity index (χ3n) is 5.44. The van der Waals surface area contributed by atoms with Crippen molar-refractivity contribution in [3.05, 3.63) is 65.7 Å². The number of phenols is 1. The van der Waals surface area contributed by atoms with Crippen LogP contribution in [0, 0.1) is 0 Å². The molecule has 1 saturated heterocycles. The predicted molar refractivity (Wildman–Crippen MR) is 138 cm³/mol. The van der Waals surface area contributed by atoms with E-state index in [-0.39, 0.29) is 30.1 Å². The van der Waals surface area contributed by atoms with Crippen molar-refractivity contribution in [2.24, 2.45) is 5.73 Å². The molecule has 1 heterocycles. The van der Waals surface area contributed by atoms with Gasteiger partial charge < -0.3 is 31.9 Å². The van der Waals surface area contributed by atoms with Gasteiger partial charge in [0.1, 0.15) is 23.9 Å². The van der Waals surface area contributed by atoms with E-state index in [1.807, 2.05) is 6.07 Å². The molecule has 0 aliphatic carbocycles. The Morgan fingerprint density at radius 3 is 2.31 bits per heavy atom. The van der Waals surface area contributed by atoms with Crippen LogP contribution in [0.5, 0.6) is 5.75 Å². The van der Waals surface area contributed by atoms with Crippen molar-refractivity contribution in [3.8, 4) is 5.75 Å². The summed E-state index contributed by atoms with van der Waals surface area (Å²) in [5, 5.41) is 26.7. The van der Waals surface area contributed by atoms with E-state index in [1.54, 1.807) is 36.4 Å². The van der Waals surface area contributed by atoms with E-state index in [0.717, 1.165) is 11.1 Å². The van der Waals surface area contributed by atoms with Crippen molar-refractivity contribution in [3.63, 3.8) is 0 Å². The Bertz CT molecular complexity index is 1070. The molecule has 1 unspecified atom stereocenters. The Kier molecular flexibility index (Phi) is 10.0. The fraction of sp³-hybridized carbons (Fsp3) is 0.333. The highest BCUT2D eigenvalue weighted by Gasteiger charge is 2.32.